The highest BCUT2D eigenvalue weighted by Gasteiger charge is 2.34. The molecule has 0 fully saturated rings. The first-order valence-electron chi connectivity index (χ1n) is 13.6. The monoisotopic (exact) mass is 581 g/mol. The Morgan fingerprint density at radius 1 is 0.854 bits per heavy atom. The Morgan fingerprint density at radius 3 is 2.10 bits per heavy atom. The number of nitrogens with zero attached hydrogens (tertiary/aromatic N) is 2. The van der Waals surface area contributed by atoms with Crippen LogP contribution in [0.1, 0.15) is 39.2 Å². The summed E-state index contributed by atoms with van der Waals surface area (Å²) >= 11 is 0. The summed E-state index contributed by atoms with van der Waals surface area (Å²) in [4.78, 5) is 29.0. The first-order chi connectivity index (χ1) is 19.6. The topological polar surface area (TPSA) is 105 Å². The van der Waals surface area contributed by atoms with Crippen LogP contribution < -0.4 is 19.1 Å². The van der Waals surface area contributed by atoms with Crippen molar-refractivity contribution in [1.29, 1.82) is 0 Å². The maximum atomic E-state index is 14.2. The number of rotatable bonds is 14. The van der Waals surface area contributed by atoms with Crippen LogP contribution in [0.15, 0.2) is 83.8 Å². The number of carbonyl (C=O) groups is 2. The van der Waals surface area contributed by atoms with Crippen molar-refractivity contribution in [3.05, 3.63) is 84.4 Å². The van der Waals surface area contributed by atoms with E-state index in [2.05, 4.69) is 5.32 Å². The lowest BCUT2D eigenvalue weighted by atomic mass is 10.1. The number of anilines is 1. The van der Waals surface area contributed by atoms with Gasteiger partial charge in [-0.2, -0.15) is 0 Å². The lowest BCUT2D eigenvalue weighted by molar-refractivity contribution is -0.140. The highest BCUT2D eigenvalue weighted by atomic mass is 32.2. The highest BCUT2D eigenvalue weighted by molar-refractivity contribution is 7.92. The molecule has 3 rings (SSSR count). The molecule has 3 aromatic carbocycles. The van der Waals surface area contributed by atoms with Crippen molar-refractivity contribution in [3.8, 4) is 11.5 Å². The van der Waals surface area contributed by atoms with E-state index < -0.39 is 28.5 Å². The molecule has 1 N–H and O–H groups in total. The fourth-order valence-electron chi connectivity index (χ4n) is 4.34. The van der Waals surface area contributed by atoms with Crippen LogP contribution in [-0.4, -0.2) is 58.0 Å². The molecule has 2 amide bonds. The van der Waals surface area contributed by atoms with Gasteiger partial charge in [0.05, 0.1) is 24.8 Å². The standard InChI is InChI=1S/C31H39N3O6S/c1-6-23(3)32-31(36)29(7-2)33(21-24-13-11-15-26(19-24)39-4)30(35)22-34(25-14-12-16-27(20-25)40-5)41(37,38)28-17-9-8-10-18-28/h8-20,23,29H,6-7,21-22H2,1-5H3,(H,32,36)/t23-,29+/m1/s1. The Kier molecular flexibility index (Phi) is 11.2. The lowest BCUT2D eigenvalue weighted by Crippen LogP contribution is -2.53. The molecule has 0 aromatic heterocycles. The first kappa shape index (κ1) is 31.5. The number of nitrogens with one attached hydrogen (secondary N) is 1. The van der Waals surface area contributed by atoms with Gasteiger partial charge in [0.1, 0.15) is 24.1 Å². The number of benzene rings is 3. The summed E-state index contributed by atoms with van der Waals surface area (Å²) in [5.74, 6) is 0.228. The quantitative estimate of drug-likeness (QED) is 0.298. The lowest BCUT2D eigenvalue weighted by Gasteiger charge is -2.33. The molecule has 0 aliphatic carbocycles. The molecule has 2 atom stereocenters. The van der Waals surface area contributed by atoms with Crippen molar-refractivity contribution in [2.45, 2.75) is 57.1 Å². The molecular weight excluding hydrogens is 542 g/mol. The van der Waals surface area contributed by atoms with Gasteiger partial charge in [-0.05, 0) is 61.7 Å². The number of methoxy groups -OCH3 is 2. The summed E-state index contributed by atoms with van der Waals surface area (Å²) in [6, 6.07) is 20.8. The van der Waals surface area contributed by atoms with Crippen LogP contribution >= 0.6 is 0 Å². The smallest absolute Gasteiger partial charge is 0.264 e. The van der Waals surface area contributed by atoms with E-state index in [4.69, 9.17) is 9.47 Å². The van der Waals surface area contributed by atoms with Crippen LogP contribution in [0, 0.1) is 0 Å². The summed E-state index contributed by atoms with van der Waals surface area (Å²) in [5.41, 5.74) is 1.01. The maximum absolute atomic E-state index is 14.2. The summed E-state index contributed by atoms with van der Waals surface area (Å²) in [5, 5.41) is 2.97. The predicted molar refractivity (Wildman–Crippen MR) is 159 cm³/mol. The van der Waals surface area contributed by atoms with Gasteiger partial charge in [-0.3, -0.25) is 13.9 Å². The molecule has 10 heteroatoms. The van der Waals surface area contributed by atoms with E-state index in [1.54, 1.807) is 67.8 Å². The third kappa shape index (κ3) is 8.00. The van der Waals surface area contributed by atoms with Crippen LogP contribution in [0.2, 0.25) is 0 Å². The summed E-state index contributed by atoms with van der Waals surface area (Å²) in [6.45, 7) is 5.25. The molecule has 0 aliphatic heterocycles. The molecule has 0 saturated heterocycles. The molecule has 0 radical (unpaired) electrons. The molecule has 0 bridgehead atoms. The maximum Gasteiger partial charge on any atom is 0.264 e. The van der Waals surface area contributed by atoms with Crippen molar-refractivity contribution in [3.63, 3.8) is 0 Å². The second kappa shape index (κ2) is 14.5. The zero-order chi connectivity index (χ0) is 30.0. The summed E-state index contributed by atoms with van der Waals surface area (Å²) in [7, 11) is -1.12. The Hall–Kier alpha value is -4.05. The van der Waals surface area contributed by atoms with E-state index in [1.165, 1.54) is 24.1 Å². The second-order valence-electron chi connectivity index (χ2n) is 9.64. The summed E-state index contributed by atoms with van der Waals surface area (Å²) in [6.07, 6.45) is 1.06. The number of amides is 2. The summed E-state index contributed by atoms with van der Waals surface area (Å²) < 4.78 is 39.6. The van der Waals surface area contributed by atoms with Crippen molar-refractivity contribution in [2.24, 2.45) is 0 Å². The van der Waals surface area contributed by atoms with Gasteiger partial charge >= 0.3 is 0 Å². The van der Waals surface area contributed by atoms with Crippen LogP contribution in [0.4, 0.5) is 5.69 Å². The number of hydrogen-bond donors (Lipinski definition) is 1. The zero-order valence-corrected chi connectivity index (χ0v) is 25.1. The van der Waals surface area contributed by atoms with Crippen molar-refractivity contribution in [2.75, 3.05) is 25.1 Å². The Bertz CT molecular complexity index is 1410. The zero-order valence-electron chi connectivity index (χ0n) is 24.2. The third-order valence-electron chi connectivity index (χ3n) is 6.83. The minimum atomic E-state index is -4.16. The van der Waals surface area contributed by atoms with E-state index in [1.807, 2.05) is 26.8 Å². The van der Waals surface area contributed by atoms with Gasteiger partial charge in [0.15, 0.2) is 0 Å². The van der Waals surface area contributed by atoms with E-state index in [9.17, 15) is 18.0 Å². The molecule has 0 aliphatic rings. The van der Waals surface area contributed by atoms with Gasteiger partial charge in [0, 0.05) is 18.7 Å². The van der Waals surface area contributed by atoms with Crippen LogP contribution in [0.5, 0.6) is 11.5 Å². The predicted octanol–water partition coefficient (Wildman–Crippen LogP) is 4.62. The average molecular weight is 582 g/mol. The molecule has 0 saturated carbocycles. The van der Waals surface area contributed by atoms with E-state index in [-0.39, 0.29) is 29.1 Å². The molecule has 0 unspecified atom stereocenters. The van der Waals surface area contributed by atoms with Crippen LogP contribution in [0.25, 0.3) is 0 Å². The van der Waals surface area contributed by atoms with Gasteiger partial charge in [-0.1, -0.05) is 50.2 Å². The molecule has 220 valence electrons. The third-order valence-corrected chi connectivity index (χ3v) is 8.61. The molecule has 41 heavy (non-hydrogen) atoms. The number of ether oxygens (including phenoxy) is 2. The molecule has 0 spiro atoms. The van der Waals surface area contributed by atoms with E-state index in [0.29, 0.717) is 17.9 Å². The second-order valence-corrected chi connectivity index (χ2v) is 11.5. The van der Waals surface area contributed by atoms with Gasteiger partial charge in [-0.25, -0.2) is 8.42 Å². The molecule has 9 nitrogen and oxygen atoms in total. The fraction of sp³-hybridized carbons (Fsp3) is 0.355. The highest BCUT2D eigenvalue weighted by Crippen LogP contribution is 2.28. The van der Waals surface area contributed by atoms with Gasteiger partial charge in [-0.15, -0.1) is 0 Å². The number of carbonyl (C=O) groups excluding carboxylic acids is 2. The van der Waals surface area contributed by atoms with Gasteiger partial charge in [0.2, 0.25) is 11.8 Å². The van der Waals surface area contributed by atoms with E-state index >= 15 is 0 Å². The average Bonchev–Trinajstić information content (AvgIpc) is 2.99. The molecular formula is C31H39N3O6S. The number of sulfonamides is 1. The van der Waals surface area contributed by atoms with Crippen molar-refractivity contribution in [1.82, 2.24) is 10.2 Å². The SMILES string of the molecule is CC[C@@H](C)NC(=O)[C@H](CC)N(Cc1cccc(OC)c1)C(=O)CN(c1cccc(OC)c1)S(=O)(=O)c1ccccc1. The van der Waals surface area contributed by atoms with Gasteiger partial charge in [0.25, 0.3) is 10.0 Å². The first-order valence-corrected chi connectivity index (χ1v) is 15.0. The largest absolute Gasteiger partial charge is 0.497 e. The molecule has 3 aromatic rings. The van der Waals surface area contributed by atoms with E-state index in [0.717, 1.165) is 16.3 Å². The Morgan fingerprint density at radius 2 is 1.49 bits per heavy atom. The van der Waals surface area contributed by atoms with Crippen LogP contribution in [0.3, 0.4) is 0 Å². The normalized spacial score (nSPS) is 12.6. The number of hydrogen-bond acceptors (Lipinski definition) is 6. The Labute approximate surface area is 243 Å². The minimum absolute atomic E-state index is 0.0384. The van der Waals surface area contributed by atoms with Crippen molar-refractivity contribution >= 4 is 27.5 Å². The van der Waals surface area contributed by atoms with Crippen molar-refractivity contribution < 1.29 is 27.5 Å². The minimum Gasteiger partial charge on any atom is -0.497 e. The van der Waals surface area contributed by atoms with Crippen LogP contribution in [-0.2, 0) is 26.2 Å². The fourth-order valence-corrected chi connectivity index (χ4v) is 5.77. The Balaban J connectivity index is 2.08. The van der Waals surface area contributed by atoms with Gasteiger partial charge < -0.3 is 19.7 Å². The molecule has 0 heterocycles.